The van der Waals surface area contributed by atoms with Crippen LogP contribution < -0.4 is 0 Å². The lowest BCUT2D eigenvalue weighted by Gasteiger charge is -2.26. The molecule has 0 saturated carbocycles. The number of esters is 2. The van der Waals surface area contributed by atoms with Gasteiger partial charge in [0.25, 0.3) is 0 Å². The van der Waals surface area contributed by atoms with Gasteiger partial charge in [-0.3, -0.25) is 9.59 Å². The molecule has 5 nitrogen and oxygen atoms in total. The Hall–Kier alpha value is -1.10. The van der Waals surface area contributed by atoms with Crippen LogP contribution in [0.4, 0.5) is 0 Å². The van der Waals surface area contributed by atoms with Crippen LogP contribution in [0, 0.1) is 11.8 Å². The second kappa shape index (κ2) is 5.70. The Morgan fingerprint density at radius 2 is 1.87 bits per heavy atom. The predicted molar refractivity (Wildman–Crippen MR) is 51.1 cm³/mol. The van der Waals surface area contributed by atoms with Crippen molar-refractivity contribution in [3.8, 4) is 0 Å². The first-order chi connectivity index (χ1) is 7.20. The summed E-state index contributed by atoms with van der Waals surface area (Å²) in [6.07, 6.45) is 1.64. The van der Waals surface area contributed by atoms with Crippen molar-refractivity contribution in [2.75, 3.05) is 27.4 Å². The van der Waals surface area contributed by atoms with Crippen molar-refractivity contribution in [1.29, 1.82) is 0 Å². The minimum atomic E-state index is -0.847. The van der Waals surface area contributed by atoms with Crippen LogP contribution in [0.25, 0.3) is 0 Å². The van der Waals surface area contributed by atoms with E-state index >= 15 is 0 Å². The first-order valence-corrected chi connectivity index (χ1v) is 4.94. The van der Waals surface area contributed by atoms with Crippen LogP contribution in [0.3, 0.4) is 0 Å². The van der Waals surface area contributed by atoms with Gasteiger partial charge in [0.1, 0.15) is 0 Å². The largest absolute Gasteiger partial charge is 0.468 e. The minimum Gasteiger partial charge on any atom is -0.468 e. The van der Waals surface area contributed by atoms with Crippen LogP contribution in [0.5, 0.6) is 0 Å². The Labute approximate surface area is 88.7 Å². The zero-order chi connectivity index (χ0) is 11.3. The maximum Gasteiger partial charge on any atom is 0.320 e. The Balaban J connectivity index is 2.69. The van der Waals surface area contributed by atoms with E-state index in [-0.39, 0.29) is 5.92 Å². The van der Waals surface area contributed by atoms with Crippen molar-refractivity contribution >= 4 is 11.9 Å². The molecule has 1 heterocycles. The van der Waals surface area contributed by atoms with Gasteiger partial charge < -0.3 is 14.2 Å². The smallest absolute Gasteiger partial charge is 0.320 e. The summed E-state index contributed by atoms with van der Waals surface area (Å²) >= 11 is 0. The highest BCUT2D eigenvalue weighted by Gasteiger charge is 2.37. The number of rotatable bonds is 3. The SMILES string of the molecule is COC(=O)C(C(=O)OC)C1CCCOC1. The molecule has 1 atom stereocenters. The normalized spacial score (nSPS) is 21.1. The summed E-state index contributed by atoms with van der Waals surface area (Å²) in [5.41, 5.74) is 0. The van der Waals surface area contributed by atoms with Gasteiger partial charge in [-0.1, -0.05) is 0 Å². The third-order valence-corrected chi connectivity index (χ3v) is 2.58. The quantitative estimate of drug-likeness (QED) is 0.504. The number of carbonyl (C=O) groups is 2. The zero-order valence-corrected chi connectivity index (χ0v) is 9.02. The van der Waals surface area contributed by atoms with Crippen molar-refractivity contribution in [1.82, 2.24) is 0 Å². The van der Waals surface area contributed by atoms with Gasteiger partial charge >= 0.3 is 11.9 Å². The van der Waals surface area contributed by atoms with Crippen molar-refractivity contribution in [3.63, 3.8) is 0 Å². The Kier molecular flexibility index (Phi) is 4.55. The van der Waals surface area contributed by atoms with E-state index in [0.29, 0.717) is 13.2 Å². The van der Waals surface area contributed by atoms with E-state index < -0.39 is 17.9 Å². The molecule has 0 N–H and O–H groups in total. The highest BCUT2D eigenvalue weighted by molar-refractivity contribution is 5.95. The third kappa shape index (κ3) is 2.92. The van der Waals surface area contributed by atoms with Crippen LogP contribution >= 0.6 is 0 Å². The maximum atomic E-state index is 11.4. The van der Waals surface area contributed by atoms with Crippen LogP contribution in [0.2, 0.25) is 0 Å². The van der Waals surface area contributed by atoms with Crippen molar-refractivity contribution in [2.24, 2.45) is 11.8 Å². The molecule has 0 radical (unpaired) electrons. The summed E-state index contributed by atoms with van der Waals surface area (Å²) in [6.45, 7) is 1.10. The second-order valence-electron chi connectivity index (χ2n) is 3.50. The summed E-state index contributed by atoms with van der Waals surface area (Å²) in [4.78, 5) is 22.9. The van der Waals surface area contributed by atoms with Gasteiger partial charge in [0.05, 0.1) is 20.8 Å². The average Bonchev–Trinajstić information content (AvgIpc) is 2.30. The molecule has 1 rings (SSSR count). The number of ether oxygens (including phenoxy) is 3. The van der Waals surface area contributed by atoms with Crippen LogP contribution in [0.1, 0.15) is 12.8 Å². The monoisotopic (exact) mass is 216 g/mol. The summed E-state index contributed by atoms with van der Waals surface area (Å²) < 4.78 is 14.4. The first-order valence-electron chi connectivity index (χ1n) is 4.94. The van der Waals surface area contributed by atoms with Crippen LogP contribution in [0.15, 0.2) is 0 Å². The number of carbonyl (C=O) groups excluding carboxylic acids is 2. The zero-order valence-electron chi connectivity index (χ0n) is 9.02. The number of hydrogen-bond acceptors (Lipinski definition) is 5. The molecular weight excluding hydrogens is 200 g/mol. The lowest BCUT2D eigenvalue weighted by atomic mass is 9.88. The standard InChI is InChI=1S/C10H16O5/c1-13-9(11)8(10(12)14-2)7-4-3-5-15-6-7/h7-8H,3-6H2,1-2H3. The predicted octanol–water partition coefficient (Wildman–Crippen LogP) is 0.375. The van der Waals surface area contributed by atoms with Gasteiger partial charge in [0.15, 0.2) is 5.92 Å². The van der Waals surface area contributed by atoms with Crippen molar-refractivity contribution in [3.05, 3.63) is 0 Å². The molecule has 0 spiro atoms. The van der Waals surface area contributed by atoms with Crippen molar-refractivity contribution < 1.29 is 23.8 Å². The molecule has 1 saturated heterocycles. The van der Waals surface area contributed by atoms with E-state index in [4.69, 9.17) is 4.74 Å². The van der Waals surface area contributed by atoms with Gasteiger partial charge in [0, 0.05) is 12.5 Å². The number of methoxy groups -OCH3 is 2. The molecule has 15 heavy (non-hydrogen) atoms. The molecule has 0 bridgehead atoms. The molecule has 86 valence electrons. The van der Waals surface area contributed by atoms with E-state index in [1.165, 1.54) is 14.2 Å². The molecule has 1 aliphatic rings. The van der Waals surface area contributed by atoms with Crippen molar-refractivity contribution in [2.45, 2.75) is 12.8 Å². The topological polar surface area (TPSA) is 61.8 Å². The average molecular weight is 216 g/mol. The minimum absolute atomic E-state index is 0.126. The Morgan fingerprint density at radius 1 is 1.27 bits per heavy atom. The highest BCUT2D eigenvalue weighted by Crippen LogP contribution is 2.24. The molecule has 0 aromatic carbocycles. The van der Waals surface area contributed by atoms with E-state index in [2.05, 4.69) is 9.47 Å². The second-order valence-corrected chi connectivity index (χ2v) is 3.50. The van der Waals surface area contributed by atoms with Gasteiger partial charge in [0.2, 0.25) is 0 Å². The van der Waals surface area contributed by atoms with E-state index in [1.807, 2.05) is 0 Å². The molecule has 0 aromatic rings. The molecular formula is C10H16O5. The fourth-order valence-electron chi connectivity index (χ4n) is 1.76. The number of hydrogen-bond donors (Lipinski definition) is 0. The van der Waals surface area contributed by atoms with Gasteiger partial charge in [-0.05, 0) is 12.8 Å². The summed E-state index contributed by atoms with van der Waals surface area (Å²) in [6, 6.07) is 0. The molecule has 1 fully saturated rings. The maximum absolute atomic E-state index is 11.4. The van der Waals surface area contributed by atoms with Gasteiger partial charge in [-0.2, -0.15) is 0 Å². The van der Waals surface area contributed by atoms with Crippen LogP contribution in [-0.2, 0) is 23.8 Å². The lowest BCUT2D eigenvalue weighted by molar-refractivity contribution is -0.164. The van der Waals surface area contributed by atoms with Gasteiger partial charge in [-0.15, -0.1) is 0 Å². The third-order valence-electron chi connectivity index (χ3n) is 2.58. The molecule has 0 aliphatic carbocycles. The summed E-state index contributed by atoms with van der Waals surface area (Å²) in [7, 11) is 2.53. The van der Waals surface area contributed by atoms with E-state index in [9.17, 15) is 9.59 Å². The lowest BCUT2D eigenvalue weighted by Crippen LogP contribution is -2.37. The highest BCUT2D eigenvalue weighted by atomic mass is 16.5. The Bertz CT molecular complexity index is 216. The fraction of sp³-hybridized carbons (Fsp3) is 0.800. The summed E-state index contributed by atoms with van der Waals surface area (Å²) in [5.74, 6) is -2.06. The molecule has 1 aliphatic heterocycles. The molecule has 0 amide bonds. The fourth-order valence-corrected chi connectivity index (χ4v) is 1.76. The molecule has 5 heteroatoms. The first kappa shape index (κ1) is 12.0. The van der Waals surface area contributed by atoms with E-state index in [1.54, 1.807) is 0 Å². The Morgan fingerprint density at radius 3 is 2.27 bits per heavy atom. The van der Waals surface area contributed by atoms with Crippen LogP contribution in [-0.4, -0.2) is 39.4 Å². The van der Waals surface area contributed by atoms with Gasteiger partial charge in [-0.25, -0.2) is 0 Å². The molecule has 1 unspecified atom stereocenters. The summed E-state index contributed by atoms with van der Waals surface area (Å²) in [5, 5.41) is 0. The molecule has 0 aromatic heterocycles. The van der Waals surface area contributed by atoms with E-state index in [0.717, 1.165) is 12.8 Å².